The molecule has 4 atom stereocenters. The van der Waals surface area contributed by atoms with E-state index in [1.165, 1.54) is 61.2 Å². The minimum Gasteiger partial charge on any atom is -0.489 e. The quantitative estimate of drug-likeness (QED) is 0.0436. The number of benzene rings is 4. The second-order valence-electron chi connectivity index (χ2n) is 20.5. The first-order valence-corrected chi connectivity index (χ1v) is 31.5. The molecule has 0 aliphatic rings. The van der Waals surface area contributed by atoms with E-state index in [9.17, 15) is 9.59 Å². The van der Waals surface area contributed by atoms with Crippen molar-refractivity contribution in [3.05, 3.63) is 69.0 Å². The van der Waals surface area contributed by atoms with Crippen molar-refractivity contribution in [3.63, 3.8) is 0 Å². The molecule has 12 heteroatoms. The lowest BCUT2D eigenvalue weighted by Gasteiger charge is -2.21. The van der Waals surface area contributed by atoms with Gasteiger partial charge in [0.15, 0.2) is 23.0 Å². The second kappa shape index (κ2) is 26.9. The third kappa shape index (κ3) is 12.8. The monoisotopic (exact) mass is 1080 g/mol. The molecule has 0 fully saturated rings. The van der Waals surface area contributed by atoms with Gasteiger partial charge in [-0.25, -0.2) is 0 Å². The van der Waals surface area contributed by atoms with Gasteiger partial charge in [-0.15, -0.1) is 45.3 Å². The van der Waals surface area contributed by atoms with E-state index < -0.39 is 0 Å². The molecule has 0 saturated carbocycles. The van der Waals surface area contributed by atoms with Crippen LogP contribution in [0.2, 0.25) is 0 Å². The van der Waals surface area contributed by atoms with Gasteiger partial charge in [0.25, 0.3) is 11.8 Å². The molecule has 74 heavy (non-hydrogen) atoms. The Kier molecular flexibility index (Phi) is 20.2. The fourth-order valence-corrected chi connectivity index (χ4v) is 14.6. The molecule has 8 nitrogen and oxygen atoms in total. The second-order valence-corrected chi connectivity index (χ2v) is 24.5. The van der Waals surface area contributed by atoms with Crippen molar-refractivity contribution >= 4 is 119 Å². The molecule has 2 amide bonds. The molecular weight excluding hydrogens is 997 g/mol. The summed E-state index contributed by atoms with van der Waals surface area (Å²) in [6, 6.07) is 16.9. The normalized spacial score (nSPS) is 13.6. The number of amides is 2. The molecule has 8 aromatic rings. The minimum atomic E-state index is -0.362. The number of hydrogen-bond donors (Lipinski definition) is 2. The molecule has 4 aromatic heterocycles. The molecule has 398 valence electrons. The van der Waals surface area contributed by atoms with Gasteiger partial charge in [-0.3, -0.25) is 20.4 Å². The van der Waals surface area contributed by atoms with E-state index in [2.05, 4.69) is 113 Å². The number of carbonyl (C=O) groups excluding carboxylic acids is 2. The van der Waals surface area contributed by atoms with Crippen molar-refractivity contribution in [3.8, 4) is 23.0 Å². The van der Waals surface area contributed by atoms with Crippen LogP contribution in [0.25, 0.3) is 61.9 Å². The van der Waals surface area contributed by atoms with Crippen LogP contribution in [0.5, 0.6) is 23.0 Å². The molecule has 0 saturated heterocycles. The van der Waals surface area contributed by atoms with Crippen LogP contribution in [-0.2, 0) is 0 Å². The highest BCUT2D eigenvalue weighted by Gasteiger charge is 2.24. The van der Waals surface area contributed by atoms with E-state index in [0.29, 0.717) is 59.9 Å². The van der Waals surface area contributed by atoms with E-state index in [1.807, 2.05) is 12.1 Å². The highest BCUT2D eigenvalue weighted by molar-refractivity contribution is 7.28. The third-order valence-corrected chi connectivity index (χ3v) is 19.8. The maximum absolute atomic E-state index is 14.2. The summed E-state index contributed by atoms with van der Waals surface area (Å²) < 4.78 is 31.2. The average molecular weight is 1080 g/mol. The van der Waals surface area contributed by atoms with Crippen LogP contribution in [0.15, 0.2) is 59.3 Å². The third-order valence-electron chi connectivity index (χ3n) is 15.3. The Hall–Kier alpha value is -4.62. The molecule has 4 unspecified atom stereocenters. The smallest absolute Gasteiger partial charge is 0.279 e. The molecule has 0 bridgehead atoms. The first-order chi connectivity index (χ1) is 36.2. The number of hydrogen-bond acceptors (Lipinski definition) is 10. The van der Waals surface area contributed by atoms with Gasteiger partial charge in [0.2, 0.25) is 0 Å². The zero-order valence-corrected chi connectivity index (χ0v) is 48.6. The predicted molar refractivity (Wildman–Crippen MR) is 320 cm³/mol. The fraction of sp³-hybridized carbons (Fsp3) is 0.516. The van der Waals surface area contributed by atoms with E-state index >= 15 is 0 Å². The number of fused-ring (bicyclic) bond motifs is 12. The van der Waals surface area contributed by atoms with Crippen molar-refractivity contribution < 1.29 is 28.5 Å². The summed E-state index contributed by atoms with van der Waals surface area (Å²) >= 11 is 6.27. The average Bonchev–Trinajstić information content (AvgIpc) is 4.29. The van der Waals surface area contributed by atoms with Crippen molar-refractivity contribution in [2.75, 3.05) is 26.4 Å². The lowest BCUT2D eigenvalue weighted by atomic mass is 10.00. The van der Waals surface area contributed by atoms with Gasteiger partial charge in [-0.05, 0) is 130 Å². The molecular formula is C62H80N2O6S4. The number of carbonyl (C=O) groups is 2. The molecule has 2 N–H and O–H groups in total. The molecule has 0 radical (unpaired) electrons. The zero-order chi connectivity index (χ0) is 52.1. The number of ether oxygens (including phenoxy) is 4. The highest BCUT2D eigenvalue weighted by Crippen LogP contribution is 2.48. The number of unbranched alkanes of at least 4 members (excludes halogenated alkanes) is 4. The summed E-state index contributed by atoms with van der Waals surface area (Å²) in [6.07, 6.45) is 18.2. The largest absolute Gasteiger partial charge is 0.489 e. The maximum Gasteiger partial charge on any atom is 0.279 e. The fourth-order valence-electron chi connectivity index (χ4n) is 10.3. The molecule has 0 spiro atoms. The number of nitrogens with one attached hydrogen (secondary N) is 2. The summed E-state index contributed by atoms with van der Waals surface area (Å²) in [6.45, 7) is 20.5. The maximum atomic E-state index is 14.2. The van der Waals surface area contributed by atoms with Crippen LogP contribution < -0.4 is 29.8 Å². The molecule has 0 aliphatic carbocycles. The Labute approximate surface area is 455 Å². The van der Waals surface area contributed by atoms with Crippen LogP contribution >= 0.6 is 45.3 Å². The van der Waals surface area contributed by atoms with E-state index in [1.54, 1.807) is 22.7 Å². The topological polar surface area (TPSA) is 95.1 Å². The molecule has 0 aliphatic heterocycles. The van der Waals surface area contributed by atoms with Crippen molar-refractivity contribution in [1.82, 2.24) is 10.9 Å². The van der Waals surface area contributed by atoms with Gasteiger partial charge < -0.3 is 18.9 Å². The minimum absolute atomic E-state index is 0.362. The Morgan fingerprint density at radius 2 is 0.703 bits per heavy atom. The SMILES string of the molecule is CCCCC(CC)COc1cc2c(cc1OCC(CC)CCCC)c1cc(C(=O)NNC(=O)c3cc4c5cc(OCC(CC)CCCC)c(OCC(CC)CCCC)cc5c5ccsc5c4s3)sc1c1sccc21. The zero-order valence-electron chi connectivity index (χ0n) is 45.3. The van der Waals surface area contributed by atoms with Crippen molar-refractivity contribution in [1.29, 1.82) is 0 Å². The van der Waals surface area contributed by atoms with Gasteiger partial charge in [-0.2, -0.15) is 0 Å². The van der Waals surface area contributed by atoms with Crippen LogP contribution in [0.4, 0.5) is 0 Å². The van der Waals surface area contributed by atoms with Crippen LogP contribution in [0.1, 0.15) is 177 Å². The lowest BCUT2D eigenvalue weighted by molar-refractivity contribution is 0.0851. The van der Waals surface area contributed by atoms with E-state index in [0.717, 1.165) is 149 Å². The Bertz CT molecular complexity index is 2920. The first-order valence-electron chi connectivity index (χ1n) is 28.1. The Morgan fingerprint density at radius 3 is 0.986 bits per heavy atom. The van der Waals surface area contributed by atoms with Crippen molar-refractivity contribution in [2.24, 2.45) is 23.7 Å². The van der Waals surface area contributed by atoms with Crippen LogP contribution in [0, 0.1) is 23.7 Å². The van der Waals surface area contributed by atoms with Crippen LogP contribution in [0.3, 0.4) is 0 Å². The van der Waals surface area contributed by atoms with Gasteiger partial charge in [0, 0.05) is 21.5 Å². The summed E-state index contributed by atoms with van der Waals surface area (Å²) in [5.41, 5.74) is 5.59. The summed E-state index contributed by atoms with van der Waals surface area (Å²) in [7, 11) is 0. The van der Waals surface area contributed by atoms with Gasteiger partial charge >= 0.3 is 0 Å². The predicted octanol–water partition coefficient (Wildman–Crippen LogP) is 19.3. The summed E-state index contributed by atoms with van der Waals surface area (Å²) in [5.74, 6) is 4.21. The van der Waals surface area contributed by atoms with Gasteiger partial charge in [0.05, 0.1) is 55.0 Å². The van der Waals surface area contributed by atoms with E-state index in [4.69, 9.17) is 18.9 Å². The summed E-state index contributed by atoms with van der Waals surface area (Å²) in [5, 5.41) is 12.7. The summed E-state index contributed by atoms with van der Waals surface area (Å²) in [4.78, 5) is 29.4. The van der Waals surface area contributed by atoms with Gasteiger partial charge in [0.1, 0.15) is 0 Å². The first kappa shape index (κ1) is 55.6. The number of hydrazine groups is 1. The lowest BCUT2D eigenvalue weighted by Crippen LogP contribution is -2.41. The Balaban J connectivity index is 1.08. The Morgan fingerprint density at radius 1 is 0.405 bits per heavy atom. The molecule has 4 heterocycles. The molecule has 8 rings (SSSR count). The van der Waals surface area contributed by atoms with Crippen molar-refractivity contribution in [2.45, 2.75) is 158 Å². The highest BCUT2D eigenvalue weighted by atomic mass is 32.1. The van der Waals surface area contributed by atoms with Crippen LogP contribution in [-0.4, -0.2) is 38.2 Å². The standard InChI is InChI=1S/C62H80N2O6S4/c1-9-17-21-39(13-5)35-67-51-29-45-43-25-27-71-57(43)59-49(47(45)31-53(51)69-37-41(15-7)23-19-11-3)33-55(73-59)61(65)63-64-62(66)56-34-50-48-32-54(70-38-42(16-8)24-20-12-4)52(68-36-40(14-6)22-18-10-2)30-46(48)44-26-28-72-58(44)60(50)74-56/h25-34,39-42H,9-24,35-38H2,1-8H3,(H,63,65)(H,64,66). The number of thiophene rings is 4. The molecule has 4 aromatic carbocycles. The van der Waals surface area contributed by atoms with E-state index in [-0.39, 0.29) is 11.8 Å². The number of rotatable bonds is 30. The van der Waals surface area contributed by atoms with Gasteiger partial charge in [-0.1, -0.05) is 132 Å².